The highest BCUT2D eigenvalue weighted by molar-refractivity contribution is 5.51. The summed E-state index contributed by atoms with van der Waals surface area (Å²) >= 11 is 0. The highest BCUT2D eigenvalue weighted by Crippen LogP contribution is 2.36. The molecule has 0 saturated heterocycles. The molecule has 0 unspecified atom stereocenters. The molecular weight excluding hydrogens is 216 g/mol. The van der Waals surface area contributed by atoms with Crippen LogP contribution in [0.5, 0.6) is 17.2 Å². The number of hydrogen-bond acceptors (Lipinski definition) is 3. The van der Waals surface area contributed by atoms with Crippen molar-refractivity contribution in [1.29, 1.82) is 0 Å². The van der Waals surface area contributed by atoms with Gasteiger partial charge in [0.15, 0.2) is 11.5 Å². The Bertz CT molecular complexity index is 323. The Hall–Kier alpha value is -1.38. The van der Waals surface area contributed by atoms with Crippen molar-refractivity contribution < 1.29 is 14.2 Å². The summed E-state index contributed by atoms with van der Waals surface area (Å²) in [7, 11) is 3.23. The van der Waals surface area contributed by atoms with Crippen LogP contribution in [0.2, 0.25) is 0 Å². The van der Waals surface area contributed by atoms with E-state index in [0.29, 0.717) is 17.2 Å². The molecule has 0 heterocycles. The molecule has 0 bridgehead atoms. The maximum atomic E-state index is 5.59. The van der Waals surface area contributed by atoms with E-state index in [0.717, 1.165) is 12.8 Å². The highest BCUT2D eigenvalue weighted by atomic mass is 16.5. The maximum Gasteiger partial charge on any atom is 0.203 e. The summed E-state index contributed by atoms with van der Waals surface area (Å²) in [5, 5.41) is 0. The first kappa shape index (κ1) is 13.7. The molecular formula is C14H21O3. The van der Waals surface area contributed by atoms with Crippen LogP contribution in [0.1, 0.15) is 32.6 Å². The van der Waals surface area contributed by atoms with Gasteiger partial charge in [-0.25, -0.2) is 0 Å². The van der Waals surface area contributed by atoms with E-state index in [1.807, 2.05) is 24.8 Å². The average Bonchev–Trinajstić information content (AvgIpc) is 2.38. The summed E-state index contributed by atoms with van der Waals surface area (Å²) < 4.78 is 16.1. The van der Waals surface area contributed by atoms with Crippen molar-refractivity contribution in [2.24, 2.45) is 0 Å². The lowest BCUT2D eigenvalue weighted by Gasteiger charge is -2.12. The Morgan fingerprint density at radius 1 is 1.06 bits per heavy atom. The summed E-state index contributed by atoms with van der Waals surface area (Å²) in [5.41, 5.74) is 0. The molecule has 0 amide bonds. The van der Waals surface area contributed by atoms with Crippen molar-refractivity contribution in [3.05, 3.63) is 24.8 Å². The molecule has 1 aromatic carbocycles. The molecule has 0 aromatic heterocycles. The zero-order valence-corrected chi connectivity index (χ0v) is 10.9. The van der Waals surface area contributed by atoms with Crippen molar-refractivity contribution >= 4 is 0 Å². The number of methoxy groups -OCH3 is 2. The van der Waals surface area contributed by atoms with Crippen LogP contribution in [-0.2, 0) is 0 Å². The number of benzene rings is 1. The molecule has 0 aliphatic rings. The van der Waals surface area contributed by atoms with Gasteiger partial charge in [-0.3, -0.25) is 0 Å². The molecule has 0 aliphatic heterocycles. The van der Waals surface area contributed by atoms with Gasteiger partial charge in [0.2, 0.25) is 5.75 Å². The molecule has 3 nitrogen and oxygen atoms in total. The van der Waals surface area contributed by atoms with Gasteiger partial charge < -0.3 is 14.2 Å². The van der Waals surface area contributed by atoms with E-state index in [9.17, 15) is 0 Å². The minimum absolute atomic E-state index is 0.641. The Morgan fingerprint density at radius 2 is 1.82 bits per heavy atom. The average molecular weight is 237 g/mol. The first-order chi connectivity index (χ1) is 8.33. The lowest BCUT2D eigenvalue weighted by atomic mass is 10.2. The molecule has 0 N–H and O–H groups in total. The number of para-hydroxylation sites is 1. The summed E-state index contributed by atoms with van der Waals surface area (Å²) in [6.07, 6.45) is 4.56. The van der Waals surface area contributed by atoms with E-state index in [4.69, 9.17) is 14.2 Å². The van der Waals surface area contributed by atoms with Crippen molar-refractivity contribution in [3.8, 4) is 17.2 Å². The second-order valence-corrected chi connectivity index (χ2v) is 3.77. The van der Waals surface area contributed by atoms with Crippen LogP contribution in [-0.4, -0.2) is 14.2 Å². The SMILES string of the molecule is CCCCC[CH]Oc1cccc(OC)c1OC. The fraction of sp³-hybridized carbons (Fsp3) is 0.500. The Labute approximate surface area is 104 Å². The lowest BCUT2D eigenvalue weighted by molar-refractivity contribution is 0.318. The molecule has 0 atom stereocenters. The summed E-state index contributed by atoms with van der Waals surface area (Å²) in [6, 6.07) is 5.61. The second kappa shape index (κ2) is 7.82. The molecule has 1 aromatic rings. The topological polar surface area (TPSA) is 27.7 Å². The molecule has 0 spiro atoms. The van der Waals surface area contributed by atoms with Crippen molar-refractivity contribution in [3.63, 3.8) is 0 Å². The minimum atomic E-state index is 0.641. The maximum absolute atomic E-state index is 5.59. The van der Waals surface area contributed by atoms with Crippen LogP contribution in [0.25, 0.3) is 0 Å². The predicted octanol–water partition coefficient (Wildman–Crippen LogP) is 3.82. The van der Waals surface area contributed by atoms with Crippen LogP contribution in [0.3, 0.4) is 0 Å². The molecule has 1 radical (unpaired) electrons. The largest absolute Gasteiger partial charge is 0.493 e. The molecule has 95 valence electrons. The molecule has 0 aliphatic carbocycles. The highest BCUT2D eigenvalue weighted by Gasteiger charge is 2.10. The normalized spacial score (nSPS) is 10.1. The van der Waals surface area contributed by atoms with E-state index in [2.05, 4.69) is 6.92 Å². The second-order valence-electron chi connectivity index (χ2n) is 3.77. The summed E-state index contributed by atoms with van der Waals surface area (Å²) in [5.74, 6) is 2.03. The van der Waals surface area contributed by atoms with Crippen molar-refractivity contribution in [2.75, 3.05) is 14.2 Å². The molecule has 0 saturated carbocycles. The van der Waals surface area contributed by atoms with Crippen LogP contribution in [0.4, 0.5) is 0 Å². The van der Waals surface area contributed by atoms with Gasteiger partial charge in [0.1, 0.15) is 6.61 Å². The molecule has 0 fully saturated rings. The molecule has 3 heteroatoms. The third-order valence-corrected chi connectivity index (χ3v) is 2.50. The quantitative estimate of drug-likeness (QED) is 0.643. The minimum Gasteiger partial charge on any atom is -0.493 e. The van der Waals surface area contributed by atoms with E-state index in [1.165, 1.54) is 12.8 Å². The first-order valence-corrected chi connectivity index (χ1v) is 6.02. The summed E-state index contributed by atoms with van der Waals surface area (Å²) in [4.78, 5) is 0. The Balaban J connectivity index is 2.52. The van der Waals surface area contributed by atoms with Crippen LogP contribution in [0, 0.1) is 6.61 Å². The summed E-state index contributed by atoms with van der Waals surface area (Å²) in [6.45, 7) is 4.01. The number of hydrogen-bond donors (Lipinski definition) is 0. The zero-order chi connectivity index (χ0) is 12.5. The lowest BCUT2D eigenvalue weighted by Crippen LogP contribution is -1.96. The number of unbranched alkanes of at least 4 members (excludes halogenated alkanes) is 3. The van der Waals surface area contributed by atoms with Crippen molar-refractivity contribution in [1.82, 2.24) is 0 Å². The van der Waals surface area contributed by atoms with Gasteiger partial charge in [-0.1, -0.05) is 25.8 Å². The first-order valence-electron chi connectivity index (χ1n) is 6.02. The van der Waals surface area contributed by atoms with Gasteiger partial charge in [0.05, 0.1) is 14.2 Å². The standard InChI is InChI=1S/C14H21O3/c1-4-5-6-7-11-17-13-10-8-9-12(15-2)14(13)16-3/h8-11H,4-7H2,1-3H3. The molecule has 1 rings (SSSR count). The Morgan fingerprint density at radius 3 is 2.47 bits per heavy atom. The number of ether oxygens (including phenoxy) is 3. The van der Waals surface area contributed by atoms with E-state index in [-0.39, 0.29) is 0 Å². The van der Waals surface area contributed by atoms with E-state index >= 15 is 0 Å². The van der Waals surface area contributed by atoms with Gasteiger partial charge >= 0.3 is 0 Å². The predicted molar refractivity (Wildman–Crippen MR) is 68.6 cm³/mol. The van der Waals surface area contributed by atoms with Gasteiger partial charge in [0.25, 0.3) is 0 Å². The fourth-order valence-corrected chi connectivity index (χ4v) is 1.58. The Kier molecular flexibility index (Phi) is 6.30. The third kappa shape index (κ3) is 4.17. The van der Waals surface area contributed by atoms with Crippen LogP contribution in [0.15, 0.2) is 18.2 Å². The van der Waals surface area contributed by atoms with E-state index in [1.54, 1.807) is 14.2 Å². The van der Waals surface area contributed by atoms with Crippen molar-refractivity contribution in [2.45, 2.75) is 32.6 Å². The fourth-order valence-electron chi connectivity index (χ4n) is 1.58. The van der Waals surface area contributed by atoms with Crippen LogP contribution < -0.4 is 14.2 Å². The van der Waals surface area contributed by atoms with Gasteiger partial charge in [-0.15, -0.1) is 0 Å². The smallest absolute Gasteiger partial charge is 0.203 e. The zero-order valence-electron chi connectivity index (χ0n) is 10.9. The van der Waals surface area contributed by atoms with Gasteiger partial charge in [-0.2, -0.15) is 0 Å². The van der Waals surface area contributed by atoms with Gasteiger partial charge in [0, 0.05) is 0 Å². The van der Waals surface area contributed by atoms with Crippen LogP contribution >= 0.6 is 0 Å². The van der Waals surface area contributed by atoms with E-state index < -0.39 is 0 Å². The molecule has 17 heavy (non-hydrogen) atoms. The third-order valence-electron chi connectivity index (χ3n) is 2.50. The monoisotopic (exact) mass is 237 g/mol. The number of rotatable bonds is 8. The van der Waals surface area contributed by atoms with Gasteiger partial charge in [-0.05, 0) is 25.0 Å².